The van der Waals surface area contributed by atoms with E-state index in [0.717, 1.165) is 31.5 Å². The summed E-state index contributed by atoms with van der Waals surface area (Å²) in [6.07, 6.45) is 3.73. The average molecular weight is 194 g/mol. The van der Waals surface area contributed by atoms with Crippen molar-refractivity contribution in [3.8, 4) is 0 Å². The summed E-state index contributed by atoms with van der Waals surface area (Å²) >= 11 is 0. The first-order valence-corrected chi connectivity index (χ1v) is 4.80. The van der Waals surface area contributed by atoms with Gasteiger partial charge in [-0.05, 0) is 31.8 Å². The number of carbonyl (C=O) groups is 1. The Bertz CT molecular complexity index is 327. The first-order valence-electron chi connectivity index (χ1n) is 4.80. The zero-order valence-corrected chi connectivity index (χ0v) is 7.92. The summed E-state index contributed by atoms with van der Waals surface area (Å²) in [6, 6.07) is 0. The van der Waals surface area contributed by atoms with Crippen molar-refractivity contribution < 1.29 is 4.79 Å². The van der Waals surface area contributed by atoms with Gasteiger partial charge in [0.05, 0.1) is 6.20 Å². The lowest BCUT2D eigenvalue weighted by molar-refractivity contribution is 0.0994. The summed E-state index contributed by atoms with van der Waals surface area (Å²) in [4.78, 5) is 11.0. The van der Waals surface area contributed by atoms with Crippen molar-refractivity contribution in [3.63, 3.8) is 0 Å². The smallest absolute Gasteiger partial charge is 0.266 e. The molecule has 1 fully saturated rings. The summed E-state index contributed by atoms with van der Waals surface area (Å²) in [5.74, 6) is 0.175. The van der Waals surface area contributed by atoms with Gasteiger partial charge in [0.15, 0.2) is 0 Å². The highest BCUT2D eigenvalue weighted by atomic mass is 16.1. The maximum atomic E-state index is 11.0. The highest BCUT2D eigenvalue weighted by molar-refractivity contribution is 5.92. The monoisotopic (exact) mass is 194 g/mol. The Morgan fingerprint density at radius 1 is 1.71 bits per heavy atom. The van der Waals surface area contributed by atoms with Gasteiger partial charge in [-0.1, -0.05) is 0 Å². The maximum Gasteiger partial charge on any atom is 0.266 e. The summed E-state index contributed by atoms with van der Waals surface area (Å²) in [6.45, 7) is 2.08. The number of aromatic nitrogens is 2. The van der Waals surface area contributed by atoms with Crippen molar-refractivity contribution >= 4 is 5.91 Å². The molecule has 5 nitrogen and oxygen atoms in total. The number of carbonyl (C=O) groups excluding carboxylic acids is 1. The molecular formula is C9H14N4O. The van der Waals surface area contributed by atoms with E-state index in [2.05, 4.69) is 15.5 Å². The fraction of sp³-hybridized carbons (Fsp3) is 0.556. The van der Waals surface area contributed by atoms with Gasteiger partial charge in [0.2, 0.25) is 0 Å². The standard InChI is InChI=1S/C9H14N4O/c10-9(14)8-7(5-12-13-8)3-6-1-2-11-4-6/h5-6,11H,1-4H2,(H2,10,14)(H,12,13). The SMILES string of the molecule is NC(=O)c1[nH]ncc1CC1CCNC1. The Kier molecular flexibility index (Phi) is 2.49. The summed E-state index contributed by atoms with van der Waals surface area (Å²) in [7, 11) is 0. The molecule has 1 aliphatic heterocycles. The third kappa shape index (κ3) is 1.77. The second-order valence-corrected chi connectivity index (χ2v) is 3.70. The number of aromatic amines is 1. The average Bonchev–Trinajstić information content (AvgIpc) is 2.75. The van der Waals surface area contributed by atoms with Gasteiger partial charge in [-0.3, -0.25) is 9.89 Å². The third-order valence-electron chi connectivity index (χ3n) is 2.64. The van der Waals surface area contributed by atoms with Gasteiger partial charge < -0.3 is 11.1 Å². The van der Waals surface area contributed by atoms with Crippen LogP contribution in [0.5, 0.6) is 0 Å². The van der Waals surface area contributed by atoms with Crippen molar-refractivity contribution in [2.75, 3.05) is 13.1 Å². The van der Waals surface area contributed by atoms with Gasteiger partial charge in [-0.2, -0.15) is 5.10 Å². The number of rotatable bonds is 3. The molecule has 1 atom stereocenters. The van der Waals surface area contributed by atoms with Crippen LogP contribution in [0.2, 0.25) is 0 Å². The Balaban J connectivity index is 2.07. The van der Waals surface area contributed by atoms with Crippen LogP contribution in [0, 0.1) is 5.92 Å². The Labute approximate surface area is 82.1 Å². The van der Waals surface area contributed by atoms with Crippen LogP contribution >= 0.6 is 0 Å². The number of amides is 1. The molecule has 2 heterocycles. The van der Waals surface area contributed by atoms with Gasteiger partial charge in [0.1, 0.15) is 5.69 Å². The van der Waals surface area contributed by atoms with Gasteiger partial charge in [0, 0.05) is 5.56 Å². The molecule has 0 aromatic carbocycles. The Morgan fingerprint density at radius 3 is 3.21 bits per heavy atom. The Hall–Kier alpha value is -1.36. The zero-order valence-electron chi connectivity index (χ0n) is 7.92. The minimum Gasteiger partial charge on any atom is -0.364 e. The molecule has 0 radical (unpaired) electrons. The minimum atomic E-state index is -0.427. The molecule has 1 unspecified atom stereocenters. The van der Waals surface area contributed by atoms with Crippen LogP contribution in [0.25, 0.3) is 0 Å². The molecule has 1 amide bonds. The minimum absolute atomic E-state index is 0.427. The van der Waals surface area contributed by atoms with Crippen LogP contribution in [0.3, 0.4) is 0 Å². The van der Waals surface area contributed by atoms with Crippen LogP contribution in [0.15, 0.2) is 6.20 Å². The van der Waals surface area contributed by atoms with Crippen LogP contribution in [0.1, 0.15) is 22.5 Å². The molecule has 0 aliphatic carbocycles. The van der Waals surface area contributed by atoms with Gasteiger partial charge in [-0.25, -0.2) is 0 Å². The van der Waals surface area contributed by atoms with E-state index in [4.69, 9.17) is 5.73 Å². The van der Waals surface area contributed by atoms with Crippen LogP contribution in [-0.4, -0.2) is 29.2 Å². The lowest BCUT2D eigenvalue weighted by Gasteiger charge is -2.06. The van der Waals surface area contributed by atoms with Crippen molar-refractivity contribution in [2.45, 2.75) is 12.8 Å². The second kappa shape index (κ2) is 3.79. The van der Waals surface area contributed by atoms with E-state index < -0.39 is 5.91 Å². The maximum absolute atomic E-state index is 11.0. The molecule has 14 heavy (non-hydrogen) atoms. The number of nitrogens with one attached hydrogen (secondary N) is 2. The molecule has 76 valence electrons. The molecule has 1 saturated heterocycles. The summed E-state index contributed by atoms with van der Waals surface area (Å²) in [5, 5.41) is 9.76. The van der Waals surface area contributed by atoms with Crippen molar-refractivity contribution in [1.82, 2.24) is 15.5 Å². The van der Waals surface area contributed by atoms with Crippen LogP contribution in [0.4, 0.5) is 0 Å². The molecule has 0 bridgehead atoms. The first-order chi connectivity index (χ1) is 6.77. The predicted molar refractivity (Wildman–Crippen MR) is 51.8 cm³/mol. The molecule has 0 saturated carbocycles. The second-order valence-electron chi connectivity index (χ2n) is 3.70. The molecule has 5 heteroatoms. The van der Waals surface area contributed by atoms with Crippen LogP contribution < -0.4 is 11.1 Å². The predicted octanol–water partition coefficient (Wildman–Crippen LogP) is -0.339. The summed E-state index contributed by atoms with van der Waals surface area (Å²) < 4.78 is 0. The van der Waals surface area contributed by atoms with E-state index in [9.17, 15) is 4.79 Å². The number of hydrogen-bond acceptors (Lipinski definition) is 3. The molecule has 1 aromatic rings. The molecular weight excluding hydrogens is 180 g/mol. The topological polar surface area (TPSA) is 83.8 Å². The van der Waals surface area contributed by atoms with E-state index in [1.54, 1.807) is 6.20 Å². The van der Waals surface area contributed by atoms with E-state index in [1.807, 2.05) is 0 Å². The van der Waals surface area contributed by atoms with Gasteiger partial charge >= 0.3 is 0 Å². The fourth-order valence-electron chi connectivity index (χ4n) is 1.88. The fourth-order valence-corrected chi connectivity index (χ4v) is 1.88. The zero-order chi connectivity index (χ0) is 9.97. The molecule has 2 rings (SSSR count). The van der Waals surface area contributed by atoms with Gasteiger partial charge in [0.25, 0.3) is 5.91 Å². The highest BCUT2D eigenvalue weighted by Gasteiger charge is 2.18. The van der Waals surface area contributed by atoms with Crippen molar-refractivity contribution in [2.24, 2.45) is 11.7 Å². The lowest BCUT2D eigenvalue weighted by Crippen LogP contribution is -2.16. The lowest BCUT2D eigenvalue weighted by atomic mass is 9.99. The third-order valence-corrected chi connectivity index (χ3v) is 2.64. The number of nitrogens with zero attached hydrogens (tertiary/aromatic N) is 1. The molecule has 1 aromatic heterocycles. The van der Waals surface area contributed by atoms with E-state index >= 15 is 0 Å². The number of hydrogen-bond donors (Lipinski definition) is 3. The van der Waals surface area contributed by atoms with Crippen molar-refractivity contribution in [1.29, 1.82) is 0 Å². The highest BCUT2D eigenvalue weighted by Crippen LogP contribution is 2.16. The number of H-pyrrole nitrogens is 1. The summed E-state index contributed by atoms with van der Waals surface area (Å²) in [5.41, 5.74) is 6.60. The van der Waals surface area contributed by atoms with E-state index in [0.29, 0.717) is 11.6 Å². The molecule has 0 spiro atoms. The molecule has 1 aliphatic rings. The van der Waals surface area contributed by atoms with Crippen molar-refractivity contribution in [3.05, 3.63) is 17.5 Å². The van der Waals surface area contributed by atoms with E-state index in [1.165, 1.54) is 0 Å². The Morgan fingerprint density at radius 2 is 2.57 bits per heavy atom. The van der Waals surface area contributed by atoms with Crippen LogP contribution in [-0.2, 0) is 6.42 Å². The first kappa shape index (κ1) is 9.21. The molecule has 4 N–H and O–H groups in total. The normalized spacial score (nSPS) is 21.3. The number of primary amides is 1. The van der Waals surface area contributed by atoms with Gasteiger partial charge in [-0.15, -0.1) is 0 Å². The number of nitrogens with two attached hydrogens (primary N) is 1. The van der Waals surface area contributed by atoms with E-state index in [-0.39, 0.29) is 0 Å². The quantitative estimate of drug-likeness (QED) is 0.615. The largest absolute Gasteiger partial charge is 0.364 e.